The van der Waals surface area contributed by atoms with Crippen LogP contribution in [0.5, 0.6) is 5.88 Å². The average molecular weight is 379 g/mol. The van der Waals surface area contributed by atoms with Crippen molar-refractivity contribution in [1.82, 2.24) is 14.9 Å². The number of likely N-dealkylation sites (tertiary alicyclic amines) is 1. The van der Waals surface area contributed by atoms with E-state index in [4.69, 9.17) is 4.74 Å². The molecule has 27 heavy (non-hydrogen) atoms. The van der Waals surface area contributed by atoms with Crippen LogP contribution in [0, 0.1) is 13.8 Å². The molecule has 1 atom stereocenters. The van der Waals surface area contributed by atoms with Crippen LogP contribution in [-0.4, -0.2) is 40.0 Å². The lowest BCUT2D eigenvalue weighted by molar-refractivity contribution is -0.138. The van der Waals surface area contributed by atoms with Crippen LogP contribution in [-0.2, 0) is 6.18 Å². The van der Waals surface area contributed by atoms with Gasteiger partial charge in [0.1, 0.15) is 11.9 Å². The molecule has 1 aliphatic heterocycles. The first-order valence-electron chi connectivity index (χ1n) is 8.68. The summed E-state index contributed by atoms with van der Waals surface area (Å²) in [6, 6.07) is 6.56. The standard InChI is InChI=1S/C19H20F3N3O2/c1-12-10-17(24-13(2)23-12)27-14-6-5-9-25(11-14)18(26)15-7-3-4-8-16(15)19(20,21)22/h3-4,7-8,10,14H,5-6,9,11H2,1-2H3. The van der Waals surface area contributed by atoms with E-state index in [1.165, 1.54) is 23.1 Å². The zero-order valence-electron chi connectivity index (χ0n) is 15.1. The molecule has 8 heteroatoms. The van der Waals surface area contributed by atoms with E-state index < -0.39 is 17.6 Å². The van der Waals surface area contributed by atoms with Crippen LogP contribution >= 0.6 is 0 Å². The summed E-state index contributed by atoms with van der Waals surface area (Å²) in [6.45, 7) is 4.19. The predicted molar refractivity (Wildman–Crippen MR) is 92.5 cm³/mol. The molecule has 0 spiro atoms. The van der Waals surface area contributed by atoms with E-state index in [0.29, 0.717) is 31.1 Å². The minimum absolute atomic E-state index is 0.215. The highest BCUT2D eigenvalue weighted by Crippen LogP contribution is 2.32. The molecular formula is C19H20F3N3O2. The fourth-order valence-electron chi connectivity index (χ4n) is 3.22. The Hall–Kier alpha value is -2.64. The summed E-state index contributed by atoms with van der Waals surface area (Å²) < 4.78 is 45.5. The number of nitrogens with zero attached hydrogens (tertiary/aromatic N) is 3. The van der Waals surface area contributed by atoms with Crippen LogP contribution in [0.15, 0.2) is 30.3 Å². The molecule has 1 aliphatic rings. The molecule has 0 saturated carbocycles. The van der Waals surface area contributed by atoms with Crippen molar-refractivity contribution in [3.63, 3.8) is 0 Å². The van der Waals surface area contributed by atoms with Crippen LogP contribution < -0.4 is 4.74 Å². The Bertz CT molecular complexity index is 819. The Morgan fingerprint density at radius 1 is 1.22 bits per heavy atom. The first-order chi connectivity index (χ1) is 12.7. The zero-order chi connectivity index (χ0) is 19.6. The van der Waals surface area contributed by atoms with Gasteiger partial charge in [-0.15, -0.1) is 0 Å². The third kappa shape index (κ3) is 4.56. The molecule has 144 valence electrons. The molecule has 0 bridgehead atoms. The van der Waals surface area contributed by atoms with E-state index in [1.54, 1.807) is 13.0 Å². The summed E-state index contributed by atoms with van der Waals surface area (Å²) in [5, 5.41) is 0. The first-order valence-corrected chi connectivity index (χ1v) is 8.68. The van der Waals surface area contributed by atoms with Crippen LogP contribution in [0.1, 0.15) is 40.3 Å². The van der Waals surface area contributed by atoms with Crippen molar-refractivity contribution in [2.24, 2.45) is 0 Å². The Morgan fingerprint density at radius 3 is 2.67 bits per heavy atom. The van der Waals surface area contributed by atoms with Crippen molar-refractivity contribution in [2.75, 3.05) is 13.1 Å². The fraction of sp³-hybridized carbons (Fsp3) is 0.421. The van der Waals surface area contributed by atoms with Crippen molar-refractivity contribution >= 4 is 5.91 Å². The molecule has 0 aliphatic carbocycles. The van der Waals surface area contributed by atoms with Gasteiger partial charge in [0.2, 0.25) is 5.88 Å². The molecule has 2 aromatic rings. The molecule has 1 amide bonds. The van der Waals surface area contributed by atoms with Gasteiger partial charge < -0.3 is 9.64 Å². The molecule has 1 fully saturated rings. The molecule has 0 N–H and O–H groups in total. The number of benzene rings is 1. The quantitative estimate of drug-likeness (QED) is 0.814. The number of halogens is 3. The number of hydrogen-bond donors (Lipinski definition) is 0. The highest BCUT2D eigenvalue weighted by molar-refractivity contribution is 5.96. The summed E-state index contributed by atoms with van der Waals surface area (Å²) in [7, 11) is 0. The number of hydrogen-bond acceptors (Lipinski definition) is 4. The molecular weight excluding hydrogens is 359 g/mol. The Labute approximate surface area is 155 Å². The number of rotatable bonds is 3. The zero-order valence-corrected chi connectivity index (χ0v) is 15.1. The third-order valence-corrected chi connectivity index (χ3v) is 4.36. The number of ether oxygens (including phenoxy) is 1. The number of carbonyl (C=O) groups is 1. The summed E-state index contributed by atoms with van der Waals surface area (Å²) in [5.41, 5.74) is -0.486. The minimum Gasteiger partial charge on any atom is -0.472 e. The molecule has 1 aromatic heterocycles. The van der Waals surface area contributed by atoms with E-state index in [1.807, 2.05) is 6.92 Å². The van der Waals surface area contributed by atoms with Crippen LogP contribution in [0.4, 0.5) is 13.2 Å². The Kier molecular flexibility index (Phi) is 5.34. The van der Waals surface area contributed by atoms with Crippen LogP contribution in [0.2, 0.25) is 0 Å². The molecule has 1 unspecified atom stereocenters. The van der Waals surface area contributed by atoms with Gasteiger partial charge in [-0.3, -0.25) is 4.79 Å². The highest BCUT2D eigenvalue weighted by atomic mass is 19.4. The van der Waals surface area contributed by atoms with Gasteiger partial charge in [-0.25, -0.2) is 4.98 Å². The number of aromatic nitrogens is 2. The smallest absolute Gasteiger partial charge is 0.417 e. The van der Waals surface area contributed by atoms with Crippen LogP contribution in [0.3, 0.4) is 0 Å². The Balaban J connectivity index is 1.76. The number of piperidine rings is 1. The monoisotopic (exact) mass is 379 g/mol. The van der Waals surface area contributed by atoms with Gasteiger partial charge in [-0.1, -0.05) is 12.1 Å². The number of carbonyl (C=O) groups excluding carboxylic acids is 1. The van der Waals surface area contributed by atoms with Gasteiger partial charge in [0.25, 0.3) is 5.91 Å². The maximum absolute atomic E-state index is 13.2. The van der Waals surface area contributed by atoms with Gasteiger partial charge in [-0.05, 0) is 38.8 Å². The Morgan fingerprint density at radius 2 is 1.96 bits per heavy atom. The third-order valence-electron chi connectivity index (χ3n) is 4.36. The summed E-state index contributed by atoms with van der Waals surface area (Å²) >= 11 is 0. The van der Waals surface area contributed by atoms with Crippen molar-refractivity contribution < 1.29 is 22.7 Å². The van der Waals surface area contributed by atoms with E-state index in [2.05, 4.69) is 9.97 Å². The van der Waals surface area contributed by atoms with Gasteiger partial charge in [-0.2, -0.15) is 18.2 Å². The predicted octanol–water partition coefficient (Wildman–Crippen LogP) is 3.80. The molecule has 1 aromatic carbocycles. The summed E-state index contributed by atoms with van der Waals surface area (Å²) in [5.74, 6) is 0.356. The van der Waals surface area contributed by atoms with Gasteiger partial charge in [0.05, 0.1) is 17.7 Å². The van der Waals surface area contributed by atoms with Crippen molar-refractivity contribution in [3.05, 3.63) is 53.0 Å². The lowest BCUT2D eigenvalue weighted by Gasteiger charge is -2.33. The maximum atomic E-state index is 13.2. The molecule has 5 nitrogen and oxygen atoms in total. The lowest BCUT2D eigenvalue weighted by Crippen LogP contribution is -2.45. The molecule has 1 saturated heterocycles. The number of aryl methyl sites for hydroxylation is 2. The summed E-state index contributed by atoms with van der Waals surface area (Å²) in [4.78, 5) is 22.5. The largest absolute Gasteiger partial charge is 0.472 e. The average Bonchev–Trinajstić information content (AvgIpc) is 2.60. The molecule has 3 rings (SSSR count). The maximum Gasteiger partial charge on any atom is 0.417 e. The molecule has 0 radical (unpaired) electrons. The van der Waals surface area contributed by atoms with E-state index in [-0.39, 0.29) is 18.2 Å². The normalized spacial score (nSPS) is 17.7. The highest BCUT2D eigenvalue weighted by Gasteiger charge is 2.36. The van der Waals surface area contributed by atoms with Gasteiger partial charge in [0.15, 0.2) is 0 Å². The lowest BCUT2D eigenvalue weighted by atomic mass is 10.0. The number of alkyl halides is 3. The van der Waals surface area contributed by atoms with Gasteiger partial charge >= 0.3 is 6.18 Å². The first kappa shape index (κ1) is 19.1. The van der Waals surface area contributed by atoms with E-state index in [9.17, 15) is 18.0 Å². The second-order valence-electron chi connectivity index (χ2n) is 6.57. The van der Waals surface area contributed by atoms with Gasteiger partial charge in [0, 0.05) is 18.3 Å². The minimum atomic E-state index is -4.58. The van der Waals surface area contributed by atoms with E-state index >= 15 is 0 Å². The fourth-order valence-corrected chi connectivity index (χ4v) is 3.22. The second-order valence-corrected chi connectivity index (χ2v) is 6.57. The topological polar surface area (TPSA) is 55.3 Å². The van der Waals surface area contributed by atoms with Crippen molar-refractivity contribution in [3.8, 4) is 5.88 Å². The SMILES string of the molecule is Cc1cc(OC2CCCN(C(=O)c3ccccc3C(F)(F)F)C2)nc(C)n1. The molecule has 2 heterocycles. The van der Waals surface area contributed by atoms with Crippen molar-refractivity contribution in [2.45, 2.75) is 39.0 Å². The number of amides is 1. The second kappa shape index (κ2) is 7.54. The van der Waals surface area contributed by atoms with Crippen molar-refractivity contribution in [1.29, 1.82) is 0 Å². The summed E-state index contributed by atoms with van der Waals surface area (Å²) in [6.07, 6.45) is -3.55. The van der Waals surface area contributed by atoms with Crippen LogP contribution in [0.25, 0.3) is 0 Å². The van der Waals surface area contributed by atoms with E-state index in [0.717, 1.165) is 11.8 Å².